The lowest BCUT2D eigenvalue weighted by molar-refractivity contribution is -0.119. The van der Waals surface area contributed by atoms with Crippen molar-refractivity contribution in [2.45, 2.75) is 13.3 Å². The van der Waals surface area contributed by atoms with Crippen LogP contribution in [0.2, 0.25) is 0 Å². The number of H-pyrrole nitrogens is 1. The number of nitrogens with zero attached hydrogens (tertiary/aromatic N) is 3. The Morgan fingerprint density at radius 3 is 3.05 bits per heavy atom. The lowest BCUT2D eigenvalue weighted by Crippen LogP contribution is -2.39. The Kier molecular flexibility index (Phi) is 3.55. The Hall–Kier alpha value is -2.81. The molecule has 0 aliphatic carbocycles. The van der Waals surface area contributed by atoms with Crippen LogP contribution in [0, 0.1) is 24.2 Å². The van der Waals surface area contributed by atoms with Gasteiger partial charge in [0.05, 0.1) is 11.6 Å². The highest BCUT2D eigenvalue weighted by atomic mass is 16.2. The van der Waals surface area contributed by atoms with E-state index in [0.29, 0.717) is 30.0 Å². The van der Waals surface area contributed by atoms with E-state index < -0.39 is 0 Å². The second-order valence-electron chi connectivity index (χ2n) is 5.58. The molecule has 0 saturated carbocycles. The van der Waals surface area contributed by atoms with E-state index >= 15 is 0 Å². The average molecular weight is 295 g/mol. The molecule has 1 aromatic heterocycles. The summed E-state index contributed by atoms with van der Waals surface area (Å²) in [5, 5.41) is 18.6. The summed E-state index contributed by atoms with van der Waals surface area (Å²) in [7, 11) is 1.98. The molecule has 2 heterocycles. The SMILES string of the molecule is Cc1[nH]nc(NC(=O)C2Cc3ccccc3N(C)C2)c1C#N. The largest absolute Gasteiger partial charge is 0.374 e. The molecule has 0 fully saturated rings. The zero-order valence-corrected chi connectivity index (χ0v) is 12.6. The number of hydrogen-bond donors (Lipinski definition) is 2. The molecule has 1 aliphatic heterocycles. The van der Waals surface area contributed by atoms with Crippen LogP contribution in [0.4, 0.5) is 11.5 Å². The quantitative estimate of drug-likeness (QED) is 0.885. The first-order valence-corrected chi connectivity index (χ1v) is 7.15. The van der Waals surface area contributed by atoms with Gasteiger partial charge in [0, 0.05) is 19.3 Å². The van der Waals surface area contributed by atoms with Gasteiger partial charge in [-0.1, -0.05) is 18.2 Å². The van der Waals surface area contributed by atoms with Gasteiger partial charge in [-0.05, 0) is 25.0 Å². The summed E-state index contributed by atoms with van der Waals surface area (Å²) in [5.74, 6) is 0.0410. The van der Waals surface area contributed by atoms with E-state index in [9.17, 15) is 4.79 Å². The van der Waals surface area contributed by atoms with Crippen LogP contribution in [0.1, 0.15) is 16.8 Å². The molecule has 1 aromatic carbocycles. The Bertz CT molecular complexity index is 758. The molecule has 1 unspecified atom stereocenters. The number of aryl methyl sites for hydroxylation is 1. The van der Waals surface area contributed by atoms with E-state index in [-0.39, 0.29) is 11.8 Å². The third-order valence-corrected chi connectivity index (χ3v) is 4.03. The molecule has 0 bridgehead atoms. The van der Waals surface area contributed by atoms with Gasteiger partial charge in [0.2, 0.25) is 5.91 Å². The van der Waals surface area contributed by atoms with Gasteiger partial charge in [0.1, 0.15) is 11.6 Å². The van der Waals surface area contributed by atoms with Crippen molar-refractivity contribution >= 4 is 17.4 Å². The second-order valence-corrected chi connectivity index (χ2v) is 5.58. The number of anilines is 2. The summed E-state index contributed by atoms with van der Waals surface area (Å²) in [5.41, 5.74) is 3.37. The number of aromatic nitrogens is 2. The highest BCUT2D eigenvalue weighted by Crippen LogP contribution is 2.29. The van der Waals surface area contributed by atoms with Crippen molar-refractivity contribution in [3.63, 3.8) is 0 Å². The first-order valence-electron chi connectivity index (χ1n) is 7.15. The van der Waals surface area contributed by atoms with E-state index in [2.05, 4.69) is 32.5 Å². The summed E-state index contributed by atoms with van der Waals surface area (Å²) >= 11 is 0. The van der Waals surface area contributed by atoms with Crippen LogP contribution in [0.25, 0.3) is 0 Å². The maximum atomic E-state index is 12.5. The molecule has 0 spiro atoms. The number of aromatic amines is 1. The van der Waals surface area contributed by atoms with Gasteiger partial charge >= 0.3 is 0 Å². The Morgan fingerprint density at radius 2 is 2.27 bits per heavy atom. The van der Waals surface area contributed by atoms with Crippen molar-refractivity contribution < 1.29 is 4.79 Å². The number of hydrogen-bond acceptors (Lipinski definition) is 4. The summed E-state index contributed by atoms with van der Waals surface area (Å²) < 4.78 is 0. The van der Waals surface area contributed by atoms with Crippen molar-refractivity contribution in [1.29, 1.82) is 5.26 Å². The number of fused-ring (bicyclic) bond motifs is 1. The van der Waals surface area contributed by atoms with Crippen molar-refractivity contribution in [2.24, 2.45) is 5.92 Å². The van der Waals surface area contributed by atoms with E-state index in [1.165, 1.54) is 5.69 Å². The molecule has 6 heteroatoms. The van der Waals surface area contributed by atoms with E-state index in [4.69, 9.17) is 5.26 Å². The van der Waals surface area contributed by atoms with Gasteiger partial charge < -0.3 is 10.2 Å². The summed E-state index contributed by atoms with van der Waals surface area (Å²) in [6.45, 7) is 2.40. The van der Waals surface area contributed by atoms with Crippen molar-refractivity contribution in [3.05, 3.63) is 41.1 Å². The van der Waals surface area contributed by atoms with Crippen LogP contribution in [0.5, 0.6) is 0 Å². The van der Waals surface area contributed by atoms with Crippen LogP contribution in [-0.4, -0.2) is 29.7 Å². The fourth-order valence-electron chi connectivity index (χ4n) is 2.87. The highest BCUT2D eigenvalue weighted by Gasteiger charge is 2.28. The predicted octanol–water partition coefficient (Wildman–Crippen LogP) is 1.84. The Morgan fingerprint density at radius 1 is 1.50 bits per heavy atom. The molecule has 2 aromatic rings. The van der Waals surface area contributed by atoms with Gasteiger partial charge in [-0.3, -0.25) is 9.89 Å². The molecule has 3 rings (SSSR count). The monoisotopic (exact) mass is 295 g/mol. The zero-order chi connectivity index (χ0) is 15.7. The minimum atomic E-state index is -0.163. The smallest absolute Gasteiger partial charge is 0.230 e. The molecule has 0 radical (unpaired) electrons. The maximum Gasteiger partial charge on any atom is 0.230 e. The van der Waals surface area contributed by atoms with Gasteiger partial charge in [-0.2, -0.15) is 10.4 Å². The van der Waals surface area contributed by atoms with Crippen LogP contribution < -0.4 is 10.2 Å². The first-order chi connectivity index (χ1) is 10.6. The number of nitrogens with one attached hydrogen (secondary N) is 2. The van der Waals surface area contributed by atoms with Crippen molar-refractivity contribution in [3.8, 4) is 6.07 Å². The number of carbonyl (C=O) groups excluding carboxylic acids is 1. The van der Waals surface area contributed by atoms with Gasteiger partial charge in [-0.15, -0.1) is 0 Å². The predicted molar refractivity (Wildman–Crippen MR) is 83.6 cm³/mol. The maximum absolute atomic E-state index is 12.5. The zero-order valence-electron chi connectivity index (χ0n) is 12.6. The topological polar surface area (TPSA) is 84.8 Å². The third kappa shape index (κ3) is 2.42. The third-order valence-electron chi connectivity index (χ3n) is 4.03. The van der Waals surface area contributed by atoms with E-state index in [1.54, 1.807) is 6.92 Å². The summed E-state index contributed by atoms with van der Waals surface area (Å²) in [6, 6.07) is 10.2. The number of benzene rings is 1. The minimum absolute atomic E-state index is 0.107. The highest BCUT2D eigenvalue weighted by molar-refractivity contribution is 5.94. The number of carbonyl (C=O) groups is 1. The molecule has 0 saturated heterocycles. The number of amides is 1. The lowest BCUT2D eigenvalue weighted by atomic mass is 9.92. The second kappa shape index (κ2) is 5.53. The van der Waals surface area contributed by atoms with Crippen LogP contribution >= 0.6 is 0 Å². The fourth-order valence-corrected chi connectivity index (χ4v) is 2.87. The molecule has 2 N–H and O–H groups in total. The van der Waals surface area contributed by atoms with E-state index in [1.807, 2.05) is 25.2 Å². The fraction of sp³-hybridized carbons (Fsp3) is 0.312. The minimum Gasteiger partial charge on any atom is -0.374 e. The van der Waals surface area contributed by atoms with Crippen LogP contribution in [0.15, 0.2) is 24.3 Å². The first kappa shape index (κ1) is 14.1. The summed E-state index contributed by atoms with van der Waals surface area (Å²) in [6.07, 6.45) is 0.692. The summed E-state index contributed by atoms with van der Waals surface area (Å²) in [4.78, 5) is 14.6. The van der Waals surface area contributed by atoms with E-state index in [0.717, 1.165) is 5.56 Å². The Labute approximate surface area is 128 Å². The number of para-hydroxylation sites is 1. The molecule has 1 atom stereocenters. The Balaban J connectivity index is 1.78. The van der Waals surface area contributed by atoms with Crippen LogP contribution in [-0.2, 0) is 11.2 Å². The number of rotatable bonds is 2. The normalized spacial score (nSPS) is 16.8. The molecule has 6 nitrogen and oxygen atoms in total. The lowest BCUT2D eigenvalue weighted by Gasteiger charge is -2.32. The molecular weight excluding hydrogens is 278 g/mol. The number of nitriles is 1. The van der Waals surface area contributed by atoms with Crippen molar-refractivity contribution in [1.82, 2.24) is 10.2 Å². The van der Waals surface area contributed by atoms with Gasteiger partial charge in [-0.25, -0.2) is 0 Å². The molecular formula is C16H17N5O. The van der Waals surface area contributed by atoms with Gasteiger partial charge in [0.15, 0.2) is 5.82 Å². The molecule has 22 heavy (non-hydrogen) atoms. The molecule has 1 amide bonds. The standard InChI is InChI=1S/C16H17N5O/c1-10-13(8-17)15(20-19-10)18-16(22)12-7-11-5-3-4-6-14(11)21(2)9-12/h3-6,12H,7,9H2,1-2H3,(H2,18,19,20,22). The van der Waals surface area contributed by atoms with Gasteiger partial charge in [0.25, 0.3) is 0 Å². The van der Waals surface area contributed by atoms with Crippen molar-refractivity contribution in [2.75, 3.05) is 23.8 Å². The van der Waals surface area contributed by atoms with Crippen LogP contribution in [0.3, 0.4) is 0 Å². The molecule has 112 valence electrons. The average Bonchev–Trinajstić information content (AvgIpc) is 2.87. The molecule has 1 aliphatic rings.